The molecule has 0 fully saturated rings. The summed E-state index contributed by atoms with van der Waals surface area (Å²) in [6.45, 7) is 0.685. The number of ether oxygens (including phenoxy) is 2. The summed E-state index contributed by atoms with van der Waals surface area (Å²) in [6.07, 6.45) is 0. The number of hydrogen-bond acceptors (Lipinski definition) is 4. The topological polar surface area (TPSA) is 59.1 Å². The van der Waals surface area contributed by atoms with Gasteiger partial charge in [0.15, 0.2) is 6.61 Å². The highest BCUT2D eigenvalue weighted by molar-refractivity contribution is 6.31. The number of carbonyl (C=O) groups excluding carboxylic acids is 2. The van der Waals surface area contributed by atoms with Crippen LogP contribution in [0.5, 0.6) is 11.5 Å². The van der Waals surface area contributed by atoms with E-state index in [1.807, 2.05) is 24.3 Å². The zero-order chi connectivity index (χ0) is 17.4. The van der Waals surface area contributed by atoms with E-state index in [0.29, 0.717) is 41.0 Å². The lowest BCUT2D eigenvalue weighted by Crippen LogP contribution is -2.48. The summed E-state index contributed by atoms with van der Waals surface area (Å²) >= 11 is 6.04. The van der Waals surface area contributed by atoms with Gasteiger partial charge >= 0.3 is 0 Å². The van der Waals surface area contributed by atoms with Crippen LogP contribution in [0.1, 0.15) is 0 Å². The standard InChI is InChI=1S/C18H15ClN2O4/c19-12-5-6-16-14(9-12)21(18(23)11-25-16)10-17(22)20-7-8-24-15-4-2-1-3-13(15)20/h1-6,9H,7-8,10-11H2. The summed E-state index contributed by atoms with van der Waals surface area (Å²) in [5.74, 6) is 0.750. The van der Waals surface area contributed by atoms with E-state index in [9.17, 15) is 9.59 Å². The van der Waals surface area contributed by atoms with Crippen LogP contribution in [0.2, 0.25) is 5.02 Å². The van der Waals surface area contributed by atoms with E-state index in [1.165, 1.54) is 4.90 Å². The first-order valence-corrected chi connectivity index (χ1v) is 8.26. The number of anilines is 2. The predicted molar refractivity (Wildman–Crippen MR) is 93.6 cm³/mol. The molecule has 0 aliphatic carbocycles. The minimum Gasteiger partial charge on any atom is -0.490 e. The van der Waals surface area contributed by atoms with Crippen LogP contribution in [0, 0.1) is 0 Å². The fraction of sp³-hybridized carbons (Fsp3) is 0.222. The molecule has 2 heterocycles. The Morgan fingerprint density at radius 3 is 2.76 bits per heavy atom. The number of halogens is 1. The van der Waals surface area contributed by atoms with Crippen molar-refractivity contribution in [3.63, 3.8) is 0 Å². The first-order chi connectivity index (χ1) is 12.1. The number of rotatable bonds is 2. The molecule has 2 amide bonds. The fourth-order valence-electron chi connectivity index (χ4n) is 3.00. The van der Waals surface area contributed by atoms with Crippen LogP contribution in [0.3, 0.4) is 0 Å². The van der Waals surface area contributed by atoms with Crippen molar-refractivity contribution in [3.8, 4) is 11.5 Å². The third-order valence-corrected chi connectivity index (χ3v) is 4.42. The van der Waals surface area contributed by atoms with Crippen LogP contribution in [-0.4, -0.2) is 38.1 Å². The number of amides is 2. The second-order valence-corrected chi connectivity index (χ2v) is 6.18. The smallest absolute Gasteiger partial charge is 0.265 e. The summed E-state index contributed by atoms with van der Waals surface area (Å²) in [4.78, 5) is 28.2. The number of benzene rings is 2. The maximum Gasteiger partial charge on any atom is 0.265 e. The molecule has 2 aliphatic heterocycles. The average molecular weight is 359 g/mol. The molecule has 0 unspecified atom stereocenters. The van der Waals surface area contributed by atoms with Crippen molar-refractivity contribution in [2.45, 2.75) is 0 Å². The van der Waals surface area contributed by atoms with Gasteiger partial charge in [0.2, 0.25) is 5.91 Å². The van der Waals surface area contributed by atoms with Crippen molar-refractivity contribution >= 4 is 34.8 Å². The van der Waals surface area contributed by atoms with Gasteiger partial charge in [-0.3, -0.25) is 14.5 Å². The lowest BCUT2D eigenvalue weighted by atomic mass is 10.2. The van der Waals surface area contributed by atoms with Gasteiger partial charge in [-0.25, -0.2) is 0 Å². The van der Waals surface area contributed by atoms with E-state index in [1.54, 1.807) is 23.1 Å². The Labute approximate surface area is 149 Å². The molecule has 0 aromatic heterocycles. The molecule has 2 aromatic carbocycles. The zero-order valence-corrected chi connectivity index (χ0v) is 14.0. The largest absolute Gasteiger partial charge is 0.490 e. The molecular formula is C18H15ClN2O4. The first-order valence-electron chi connectivity index (χ1n) is 7.88. The van der Waals surface area contributed by atoms with Crippen LogP contribution >= 0.6 is 11.6 Å². The molecule has 2 aromatic rings. The Balaban J connectivity index is 1.62. The van der Waals surface area contributed by atoms with Gasteiger partial charge in [-0.15, -0.1) is 0 Å². The van der Waals surface area contributed by atoms with Crippen LogP contribution in [-0.2, 0) is 9.59 Å². The van der Waals surface area contributed by atoms with Gasteiger partial charge in [0.25, 0.3) is 5.91 Å². The second-order valence-electron chi connectivity index (χ2n) is 5.74. The SMILES string of the molecule is O=C(CN1C(=O)COc2ccc(Cl)cc21)N1CCOc2ccccc21. The number of fused-ring (bicyclic) bond motifs is 2. The van der Waals surface area contributed by atoms with Crippen molar-refractivity contribution in [1.82, 2.24) is 0 Å². The molecule has 128 valence electrons. The van der Waals surface area contributed by atoms with Crippen molar-refractivity contribution in [2.24, 2.45) is 0 Å². The highest BCUT2D eigenvalue weighted by Gasteiger charge is 2.31. The van der Waals surface area contributed by atoms with Crippen LogP contribution in [0.4, 0.5) is 11.4 Å². The maximum atomic E-state index is 12.9. The van der Waals surface area contributed by atoms with Gasteiger partial charge < -0.3 is 14.4 Å². The summed E-state index contributed by atoms with van der Waals surface area (Å²) in [6, 6.07) is 12.4. The number of carbonyl (C=O) groups is 2. The van der Waals surface area contributed by atoms with Crippen molar-refractivity contribution in [1.29, 1.82) is 0 Å². The van der Waals surface area contributed by atoms with E-state index in [2.05, 4.69) is 0 Å². The summed E-state index contributed by atoms with van der Waals surface area (Å²) in [5.41, 5.74) is 1.23. The van der Waals surface area contributed by atoms with Crippen LogP contribution < -0.4 is 19.3 Å². The van der Waals surface area contributed by atoms with E-state index in [4.69, 9.17) is 21.1 Å². The molecule has 0 bridgehead atoms. The number of hydrogen-bond donors (Lipinski definition) is 0. The monoisotopic (exact) mass is 358 g/mol. The molecule has 4 rings (SSSR count). The van der Waals surface area contributed by atoms with Crippen LogP contribution in [0.15, 0.2) is 42.5 Å². The van der Waals surface area contributed by atoms with E-state index in [-0.39, 0.29) is 25.0 Å². The van der Waals surface area contributed by atoms with E-state index >= 15 is 0 Å². The molecule has 0 atom stereocenters. The molecule has 7 heteroatoms. The molecule has 0 spiro atoms. The minimum absolute atomic E-state index is 0.0795. The first kappa shape index (κ1) is 15.8. The van der Waals surface area contributed by atoms with Gasteiger partial charge in [-0.05, 0) is 30.3 Å². The number of nitrogens with zero attached hydrogens (tertiary/aromatic N) is 2. The van der Waals surface area contributed by atoms with Crippen molar-refractivity contribution < 1.29 is 19.1 Å². The normalized spacial score (nSPS) is 15.8. The highest BCUT2D eigenvalue weighted by Crippen LogP contribution is 2.35. The van der Waals surface area contributed by atoms with Crippen molar-refractivity contribution in [3.05, 3.63) is 47.5 Å². The lowest BCUT2D eigenvalue weighted by Gasteiger charge is -2.33. The Morgan fingerprint density at radius 2 is 1.88 bits per heavy atom. The van der Waals surface area contributed by atoms with Crippen LogP contribution in [0.25, 0.3) is 0 Å². The number of para-hydroxylation sites is 2. The summed E-state index contributed by atoms with van der Waals surface area (Å²) in [5, 5.41) is 0.478. The van der Waals surface area contributed by atoms with Gasteiger partial charge in [0, 0.05) is 5.02 Å². The Hall–Kier alpha value is -2.73. The molecule has 0 saturated heterocycles. The fourth-order valence-corrected chi connectivity index (χ4v) is 3.16. The van der Waals surface area contributed by atoms with Gasteiger partial charge in [-0.1, -0.05) is 23.7 Å². The lowest BCUT2D eigenvalue weighted by molar-refractivity contribution is -0.124. The minimum atomic E-state index is -0.273. The van der Waals surface area contributed by atoms with Gasteiger partial charge in [0.05, 0.1) is 17.9 Å². The van der Waals surface area contributed by atoms with E-state index in [0.717, 1.165) is 0 Å². The van der Waals surface area contributed by atoms with Gasteiger partial charge in [-0.2, -0.15) is 0 Å². The molecule has 0 saturated carbocycles. The van der Waals surface area contributed by atoms with Gasteiger partial charge in [0.1, 0.15) is 24.7 Å². The van der Waals surface area contributed by atoms with Crippen molar-refractivity contribution in [2.75, 3.05) is 36.1 Å². The molecule has 0 radical (unpaired) electrons. The highest BCUT2D eigenvalue weighted by atomic mass is 35.5. The zero-order valence-electron chi connectivity index (χ0n) is 13.3. The summed E-state index contributed by atoms with van der Waals surface area (Å²) < 4.78 is 11.0. The second kappa shape index (κ2) is 6.29. The Kier molecular flexibility index (Phi) is 3.97. The predicted octanol–water partition coefficient (Wildman–Crippen LogP) is 2.49. The Morgan fingerprint density at radius 1 is 1.08 bits per heavy atom. The summed E-state index contributed by atoms with van der Waals surface area (Å²) in [7, 11) is 0. The maximum absolute atomic E-state index is 12.9. The quantitative estimate of drug-likeness (QED) is 0.827. The molecule has 6 nitrogen and oxygen atoms in total. The third kappa shape index (κ3) is 2.89. The Bertz CT molecular complexity index is 855. The van der Waals surface area contributed by atoms with E-state index < -0.39 is 0 Å². The average Bonchev–Trinajstić information content (AvgIpc) is 2.63. The molecule has 2 aliphatic rings. The molecule has 25 heavy (non-hydrogen) atoms. The third-order valence-electron chi connectivity index (χ3n) is 4.19. The molecule has 0 N–H and O–H groups in total. The molecular weight excluding hydrogens is 344 g/mol.